The van der Waals surface area contributed by atoms with Crippen molar-refractivity contribution in [2.24, 2.45) is 7.05 Å². The Hall–Kier alpha value is -2.37. The number of halogens is 1. The second kappa shape index (κ2) is 4.48. The van der Waals surface area contributed by atoms with Gasteiger partial charge in [0.05, 0.1) is 11.4 Å². The van der Waals surface area contributed by atoms with Gasteiger partial charge in [-0.25, -0.2) is 4.39 Å². The van der Waals surface area contributed by atoms with E-state index in [0.717, 1.165) is 11.8 Å². The molecule has 0 aliphatic heterocycles. The number of aryl methyl sites for hydroxylation is 2. The van der Waals surface area contributed by atoms with E-state index < -0.39 is 11.7 Å². The van der Waals surface area contributed by atoms with E-state index in [1.165, 1.54) is 12.1 Å². The van der Waals surface area contributed by atoms with Crippen LogP contribution < -0.4 is 11.1 Å². The molecule has 0 radical (unpaired) electrons. The average molecular weight is 248 g/mol. The summed E-state index contributed by atoms with van der Waals surface area (Å²) < 4.78 is 14.8. The number of nitrogens with two attached hydrogens (primary N) is 1. The molecule has 1 amide bonds. The van der Waals surface area contributed by atoms with Crippen LogP contribution in [0.4, 0.5) is 15.9 Å². The summed E-state index contributed by atoms with van der Waals surface area (Å²) in [6.45, 7) is 1.82. The Bertz CT molecular complexity index is 606. The summed E-state index contributed by atoms with van der Waals surface area (Å²) in [5.41, 5.74) is 6.36. The molecule has 1 aromatic heterocycles. The number of hydrogen-bond donors (Lipinski definition) is 2. The third-order valence-corrected chi connectivity index (χ3v) is 2.51. The number of amides is 1. The van der Waals surface area contributed by atoms with Crippen LogP contribution in [0, 0.1) is 12.7 Å². The molecular formula is C12H13FN4O. The summed E-state index contributed by atoms with van der Waals surface area (Å²) in [5.74, 6) is -0.463. The first-order valence-corrected chi connectivity index (χ1v) is 5.34. The van der Waals surface area contributed by atoms with E-state index in [-0.39, 0.29) is 11.3 Å². The SMILES string of the molecule is Cc1cc(NC(=O)c2ccc(N)c(F)c2)n(C)n1. The number of aromatic nitrogens is 2. The van der Waals surface area contributed by atoms with Crippen molar-refractivity contribution in [2.75, 3.05) is 11.1 Å². The Morgan fingerprint density at radius 2 is 2.17 bits per heavy atom. The van der Waals surface area contributed by atoms with Crippen LogP contribution >= 0.6 is 0 Å². The lowest BCUT2D eigenvalue weighted by Crippen LogP contribution is -2.15. The third kappa shape index (κ3) is 2.32. The van der Waals surface area contributed by atoms with E-state index in [0.29, 0.717) is 5.82 Å². The van der Waals surface area contributed by atoms with E-state index in [9.17, 15) is 9.18 Å². The molecule has 6 heteroatoms. The first kappa shape index (κ1) is 12.1. The van der Waals surface area contributed by atoms with Gasteiger partial charge in [0.25, 0.3) is 5.91 Å². The topological polar surface area (TPSA) is 72.9 Å². The second-order valence-electron chi connectivity index (χ2n) is 3.98. The molecule has 2 aromatic rings. The normalized spacial score (nSPS) is 10.4. The number of carbonyl (C=O) groups excluding carboxylic acids is 1. The number of carbonyl (C=O) groups is 1. The van der Waals surface area contributed by atoms with Gasteiger partial charge in [0.1, 0.15) is 11.6 Å². The number of nitrogens with zero attached hydrogens (tertiary/aromatic N) is 2. The molecule has 0 bridgehead atoms. The van der Waals surface area contributed by atoms with Crippen molar-refractivity contribution in [2.45, 2.75) is 6.92 Å². The highest BCUT2D eigenvalue weighted by molar-refractivity contribution is 6.04. The van der Waals surface area contributed by atoms with Crippen LogP contribution in [0.1, 0.15) is 16.1 Å². The Balaban J connectivity index is 2.22. The van der Waals surface area contributed by atoms with Crippen molar-refractivity contribution in [1.82, 2.24) is 9.78 Å². The summed E-state index contributed by atoms with van der Waals surface area (Å²) in [6.07, 6.45) is 0. The summed E-state index contributed by atoms with van der Waals surface area (Å²) >= 11 is 0. The van der Waals surface area contributed by atoms with Crippen molar-refractivity contribution in [3.63, 3.8) is 0 Å². The highest BCUT2D eigenvalue weighted by Crippen LogP contribution is 2.14. The van der Waals surface area contributed by atoms with E-state index in [2.05, 4.69) is 10.4 Å². The number of anilines is 2. The minimum Gasteiger partial charge on any atom is -0.396 e. The van der Waals surface area contributed by atoms with Crippen molar-refractivity contribution in [1.29, 1.82) is 0 Å². The molecule has 18 heavy (non-hydrogen) atoms. The van der Waals surface area contributed by atoms with Crippen molar-refractivity contribution in [3.05, 3.63) is 41.3 Å². The molecule has 0 aliphatic rings. The van der Waals surface area contributed by atoms with Gasteiger partial charge in [-0.05, 0) is 25.1 Å². The van der Waals surface area contributed by atoms with Gasteiger partial charge < -0.3 is 11.1 Å². The zero-order chi connectivity index (χ0) is 13.3. The van der Waals surface area contributed by atoms with Gasteiger partial charge in [-0.2, -0.15) is 5.10 Å². The Morgan fingerprint density at radius 3 is 2.72 bits per heavy atom. The van der Waals surface area contributed by atoms with Gasteiger partial charge in [-0.15, -0.1) is 0 Å². The smallest absolute Gasteiger partial charge is 0.256 e. The number of nitrogen functional groups attached to an aromatic ring is 1. The Morgan fingerprint density at radius 1 is 1.44 bits per heavy atom. The standard InChI is InChI=1S/C12H13FN4O/c1-7-5-11(17(2)16-7)15-12(18)8-3-4-10(14)9(13)6-8/h3-6H,14H2,1-2H3,(H,15,18). The molecule has 1 heterocycles. The van der Waals surface area contributed by atoms with Gasteiger partial charge in [-0.1, -0.05) is 0 Å². The Kier molecular flexibility index (Phi) is 3.01. The molecule has 0 saturated heterocycles. The van der Waals surface area contributed by atoms with Crippen LogP contribution in [-0.2, 0) is 7.05 Å². The van der Waals surface area contributed by atoms with Crippen LogP contribution in [0.25, 0.3) is 0 Å². The van der Waals surface area contributed by atoms with Crippen LogP contribution in [0.3, 0.4) is 0 Å². The highest BCUT2D eigenvalue weighted by Gasteiger charge is 2.11. The van der Waals surface area contributed by atoms with Gasteiger partial charge in [0.15, 0.2) is 0 Å². The molecule has 0 fully saturated rings. The molecule has 0 aliphatic carbocycles. The average Bonchev–Trinajstić information content (AvgIpc) is 2.61. The van der Waals surface area contributed by atoms with E-state index >= 15 is 0 Å². The fourth-order valence-corrected chi connectivity index (χ4v) is 1.58. The fraction of sp³-hybridized carbons (Fsp3) is 0.167. The number of rotatable bonds is 2. The summed E-state index contributed by atoms with van der Waals surface area (Å²) in [7, 11) is 1.71. The Labute approximate surface area is 103 Å². The monoisotopic (exact) mass is 248 g/mol. The van der Waals surface area contributed by atoms with Crippen LogP contribution in [0.2, 0.25) is 0 Å². The second-order valence-corrected chi connectivity index (χ2v) is 3.98. The third-order valence-electron chi connectivity index (χ3n) is 2.51. The van der Waals surface area contributed by atoms with E-state index in [4.69, 9.17) is 5.73 Å². The highest BCUT2D eigenvalue weighted by atomic mass is 19.1. The maximum absolute atomic E-state index is 13.2. The quantitative estimate of drug-likeness (QED) is 0.794. The molecule has 0 spiro atoms. The largest absolute Gasteiger partial charge is 0.396 e. The van der Waals surface area contributed by atoms with Crippen LogP contribution in [0.15, 0.2) is 24.3 Å². The molecule has 0 atom stereocenters. The summed E-state index contributed by atoms with van der Waals surface area (Å²) in [6, 6.07) is 5.66. The zero-order valence-corrected chi connectivity index (χ0v) is 10.1. The van der Waals surface area contributed by atoms with Gasteiger partial charge in [0, 0.05) is 18.7 Å². The fourth-order valence-electron chi connectivity index (χ4n) is 1.58. The lowest BCUT2D eigenvalue weighted by molar-refractivity contribution is 0.102. The van der Waals surface area contributed by atoms with Crippen LogP contribution in [-0.4, -0.2) is 15.7 Å². The minimum atomic E-state index is -0.608. The number of benzene rings is 1. The maximum atomic E-state index is 13.2. The van der Waals surface area contributed by atoms with Crippen LogP contribution in [0.5, 0.6) is 0 Å². The molecule has 5 nitrogen and oxygen atoms in total. The first-order valence-electron chi connectivity index (χ1n) is 5.34. The first-order chi connectivity index (χ1) is 8.47. The minimum absolute atomic E-state index is 0.0166. The molecule has 0 saturated carbocycles. The maximum Gasteiger partial charge on any atom is 0.256 e. The predicted molar refractivity (Wildman–Crippen MR) is 66.7 cm³/mol. The summed E-state index contributed by atoms with van der Waals surface area (Å²) in [4.78, 5) is 11.9. The molecule has 3 N–H and O–H groups in total. The van der Waals surface area contributed by atoms with Crippen molar-refractivity contribution in [3.8, 4) is 0 Å². The van der Waals surface area contributed by atoms with Crippen molar-refractivity contribution >= 4 is 17.4 Å². The van der Waals surface area contributed by atoms with Gasteiger partial charge in [-0.3, -0.25) is 9.48 Å². The van der Waals surface area contributed by atoms with Gasteiger partial charge >= 0.3 is 0 Å². The van der Waals surface area contributed by atoms with E-state index in [1.807, 2.05) is 6.92 Å². The molecular weight excluding hydrogens is 235 g/mol. The van der Waals surface area contributed by atoms with Crippen molar-refractivity contribution < 1.29 is 9.18 Å². The number of hydrogen-bond acceptors (Lipinski definition) is 3. The summed E-state index contributed by atoms with van der Waals surface area (Å²) in [5, 5.41) is 6.75. The van der Waals surface area contributed by atoms with E-state index in [1.54, 1.807) is 17.8 Å². The lowest BCUT2D eigenvalue weighted by atomic mass is 10.2. The number of nitrogens with one attached hydrogen (secondary N) is 1. The molecule has 0 unspecified atom stereocenters. The predicted octanol–water partition coefficient (Wildman–Crippen LogP) is 1.70. The zero-order valence-electron chi connectivity index (χ0n) is 10.1. The van der Waals surface area contributed by atoms with Gasteiger partial charge in [0.2, 0.25) is 0 Å². The molecule has 1 aromatic carbocycles. The molecule has 2 rings (SSSR count). The molecule has 94 valence electrons. The lowest BCUT2D eigenvalue weighted by Gasteiger charge is -2.05.